The third kappa shape index (κ3) is 2.61. The molecule has 1 atom stereocenters. The molecule has 1 aliphatic heterocycles. The fraction of sp³-hybridized carbons (Fsp3) is 0.583. The molecule has 90 valence electrons. The maximum Gasteiger partial charge on any atom is 0.189 e. The molecule has 17 heavy (non-hydrogen) atoms. The third-order valence-corrected chi connectivity index (χ3v) is 4.22. The van der Waals surface area contributed by atoms with Gasteiger partial charge in [0.15, 0.2) is 10.5 Å². The molecule has 1 fully saturated rings. The van der Waals surface area contributed by atoms with Crippen LogP contribution in [0.2, 0.25) is 0 Å². The largest absolute Gasteiger partial charge is 0.314 e. The maximum absolute atomic E-state index is 4.51. The molecule has 0 spiro atoms. The van der Waals surface area contributed by atoms with E-state index >= 15 is 0 Å². The van der Waals surface area contributed by atoms with Crippen LogP contribution in [0.25, 0.3) is 10.5 Å². The molecule has 1 N–H and O–H groups in total. The Bertz CT molecular complexity index is 457. The molecule has 1 unspecified atom stereocenters. The van der Waals surface area contributed by atoms with Crippen LogP contribution in [0.3, 0.4) is 0 Å². The lowest BCUT2D eigenvalue weighted by Crippen LogP contribution is -2.34. The summed E-state index contributed by atoms with van der Waals surface area (Å²) in [5, 5.41) is 4.73. The van der Waals surface area contributed by atoms with Crippen molar-refractivity contribution in [2.75, 3.05) is 6.54 Å². The summed E-state index contributed by atoms with van der Waals surface area (Å²) in [6.07, 6.45) is 9.65. The second-order valence-corrected chi connectivity index (χ2v) is 5.54. The van der Waals surface area contributed by atoms with E-state index in [-0.39, 0.29) is 0 Å². The smallest absolute Gasteiger partial charge is 0.189 e. The van der Waals surface area contributed by atoms with Gasteiger partial charge >= 0.3 is 0 Å². The zero-order valence-electron chi connectivity index (χ0n) is 9.72. The normalized spacial score (nSPS) is 20.8. The number of thiazole rings is 1. The summed E-state index contributed by atoms with van der Waals surface area (Å²) >= 11 is 1.67. The Morgan fingerprint density at radius 1 is 1.29 bits per heavy atom. The summed E-state index contributed by atoms with van der Waals surface area (Å²) < 4.78 is 0. The maximum atomic E-state index is 4.51. The fourth-order valence-corrected chi connectivity index (χ4v) is 3.17. The molecule has 1 aliphatic rings. The highest BCUT2D eigenvalue weighted by atomic mass is 32.1. The lowest BCUT2D eigenvalue weighted by atomic mass is 10.0. The molecule has 0 amide bonds. The monoisotopic (exact) mass is 248 g/mol. The highest BCUT2D eigenvalue weighted by Crippen LogP contribution is 2.20. The third-order valence-electron chi connectivity index (χ3n) is 3.21. The van der Waals surface area contributed by atoms with Crippen LogP contribution < -0.4 is 5.32 Å². The van der Waals surface area contributed by atoms with E-state index < -0.39 is 0 Å². The van der Waals surface area contributed by atoms with E-state index in [2.05, 4.69) is 20.3 Å². The van der Waals surface area contributed by atoms with Crippen molar-refractivity contribution in [3.63, 3.8) is 0 Å². The van der Waals surface area contributed by atoms with E-state index in [0.717, 1.165) is 16.9 Å². The van der Waals surface area contributed by atoms with Gasteiger partial charge in [-0.2, -0.15) is 0 Å². The van der Waals surface area contributed by atoms with Gasteiger partial charge in [0.1, 0.15) is 0 Å². The number of aryl methyl sites for hydroxylation is 1. The van der Waals surface area contributed by atoms with Gasteiger partial charge in [0, 0.05) is 24.9 Å². The summed E-state index contributed by atoms with van der Waals surface area (Å²) in [6, 6.07) is 0.677. The Morgan fingerprint density at radius 3 is 3.06 bits per heavy atom. The number of piperidine rings is 1. The van der Waals surface area contributed by atoms with Gasteiger partial charge in [0.2, 0.25) is 0 Å². The van der Waals surface area contributed by atoms with Crippen LogP contribution in [0.1, 0.15) is 30.7 Å². The van der Waals surface area contributed by atoms with Gasteiger partial charge in [-0.25, -0.2) is 15.0 Å². The number of aromatic nitrogens is 3. The molecule has 0 aromatic carbocycles. The van der Waals surface area contributed by atoms with Crippen molar-refractivity contribution < 1.29 is 0 Å². The molecule has 1 saturated heterocycles. The molecule has 5 heteroatoms. The van der Waals surface area contributed by atoms with Crippen LogP contribution in [0.15, 0.2) is 12.4 Å². The van der Waals surface area contributed by atoms with Crippen LogP contribution in [0.5, 0.6) is 0 Å². The van der Waals surface area contributed by atoms with E-state index in [1.54, 1.807) is 23.7 Å². The zero-order valence-corrected chi connectivity index (χ0v) is 10.5. The van der Waals surface area contributed by atoms with Crippen LogP contribution in [0.4, 0.5) is 0 Å². The van der Waals surface area contributed by atoms with Gasteiger partial charge in [-0.15, -0.1) is 0 Å². The molecule has 3 rings (SSSR count). The second kappa shape index (κ2) is 5.06. The van der Waals surface area contributed by atoms with E-state index in [4.69, 9.17) is 0 Å². The van der Waals surface area contributed by atoms with E-state index in [9.17, 15) is 0 Å². The second-order valence-electron chi connectivity index (χ2n) is 4.48. The first-order valence-corrected chi connectivity index (χ1v) is 7.03. The molecular weight excluding hydrogens is 232 g/mol. The molecule has 2 aromatic rings. The summed E-state index contributed by atoms with van der Waals surface area (Å²) in [7, 11) is 0. The Hall–Kier alpha value is -1.07. The van der Waals surface area contributed by atoms with Gasteiger partial charge in [0.05, 0.1) is 5.01 Å². The van der Waals surface area contributed by atoms with Crippen molar-refractivity contribution in [3.05, 3.63) is 17.4 Å². The number of hydrogen-bond acceptors (Lipinski definition) is 5. The van der Waals surface area contributed by atoms with E-state index in [0.29, 0.717) is 6.04 Å². The van der Waals surface area contributed by atoms with Gasteiger partial charge in [-0.1, -0.05) is 17.8 Å². The van der Waals surface area contributed by atoms with E-state index in [1.807, 2.05) is 0 Å². The van der Waals surface area contributed by atoms with Crippen molar-refractivity contribution in [1.82, 2.24) is 20.3 Å². The van der Waals surface area contributed by atoms with Crippen LogP contribution in [-0.2, 0) is 6.42 Å². The number of rotatable bonds is 3. The minimum atomic E-state index is 0.677. The minimum Gasteiger partial charge on any atom is -0.314 e. The first kappa shape index (κ1) is 11.0. The molecule has 2 aromatic heterocycles. The molecule has 0 aliphatic carbocycles. The summed E-state index contributed by atoms with van der Waals surface area (Å²) in [4.78, 5) is 14.0. The Balaban J connectivity index is 1.64. The summed E-state index contributed by atoms with van der Waals surface area (Å²) in [5.41, 5.74) is 0.795. The lowest BCUT2D eigenvalue weighted by Gasteiger charge is -2.22. The van der Waals surface area contributed by atoms with Gasteiger partial charge in [-0.3, -0.25) is 0 Å². The van der Waals surface area contributed by atoms with Crippen LogP contribution in [0, 0.1) is 0 Å². The number of fused-ring (bicyclic) bond motifs is 1. The zero-order chi connectivity index (χ0) is 11.5. The standard InChI is InChI=1S/C12H16N4S/c1-2-6-13-9(3-1)4-5-10-16-11-12(17-10)15-8-7-14-11/h7-9,13H,1-6H2. The van der Waals surface area contributed by atoms with Crippen LogP contribution >= 0.6 is 11.3 Å². The van der Waals surface area contributed by atoms with Crippen molar-refractivity contribution >= 4 is 21.8 Å². The average molecular weight is 248 g/mol. The number of nitrogens with zero attached hydrogens (tertiary/aromatic N) is 3. The SMILES string of the molecule is c1cnc2sc(CCC3CCCCN3)nc2n1. The Morgan fingerprint density at radius 2 is 2.24 bits per heavy atom. The number of hydrogen-bond donors (Lipinski definition) is 1. The highest BCUT2D eigenvalue weighted by molar-refractivity contribution is 7.18. The molecule has 3 heterocycles. The molecule has 0 bridgehead atoms. The fourth-order valence-electron chi connectivity index (χ4n) is 2.29. The van der Waals surface area contributed by atoms with Gasteiger partial charge < -0.3 is 5.32 Å². The van der Waals surface area contributed by atoms with Gasteiger partial charge in [0.25, 0.3) is 0 Å². The minimum absolute atomic E-state index is 0.677. The number of nitrogens with one attached hydrogen (secondary N) is 1. The summed E-state index contributed by atoms with van der Waals surface area (Å²) in [6.45, 7) is 1.17. The predicted octanol–water partition coefficient (Wildman–Crippen LogP) is 2.16. The molecule has 0 saturated carbocycles. The molecular formula is C12H16N4S. The Labute approximate surface area is 105 Å². The van der Waals surface area contributed by atoms with Crippen LogP contribution in [-0.4, -0.2) is 27.5 Å². The Kier molecular flexibility index (Phi) is 3.29. The molecule has 4 nitrogen and oxygen atoms in total. The van der Waals surface area contributed by atoms with E-state index in [1.165, 1.54) is 37.2 Å². The van der Waals surface area contributed by atoms with Crippen molar-refractivity contribution in [1.29, 1.82) is 0 Å². The van der Waals surface area contributed by atoms with Crippen molar-refractivity contribution in [3.8, 4) is 0 Å². The first-order chi connectivity index (χ1) is 8.42. The van der Waals surface area contributed by atoms with Crippen molar-refractivity contribution in [2.45, 2.75) is 38.1 Å². The first-order valence-electron chi connectivity index (χ1n) is 6.21. The highest BCUT2D eigenvalue weighted by Gasteiger charge is 2.13. The van der Waals surface area contributed by atoms with Gasteiger partial charge in [-0.05, 0) is 25.8 Å². The summed E-state index contributed by atoms with van der Waals surface area (Å²) in [5.74, 6) is 0. The molecule has 0 radical (unpaired) electrons. The predicted molar refractivity (Wildman–Crippen MR) is 69.2 cm³/mol. The lowest BCUT2D eigenvalue weighted by molar-refractivity contribution is 0.383. The average Bonchev–Trinajstić information content (AvgIpc) is 2.80. The topological polar surface area (TPSA) is 50.7 Å². The quantitative estimate of drug-likeness (QED) is 0.904. The van der Waals surface area contributed by atoms with Crippen molar-refractivity contribution in [2.24, 2.45) is 0 Å².